The van der Waals surface area contributed by atoms with Crippen molar-refractivity contribution in [1.29, 1.82) is 0 Å². The molecule has 0 saturated carbocycles. The van der Waals surface area contributed by atoms with Gasteiger partial charge in [0.25, 0.3) is 0 Å². The highest BCUT2D eigenvalue weighted by Crippen LogP contribution is 2.31. The van der Waals surface area contributed by atoms with Gasteiger partial charge < -0.3 is 0 Å². The molecule has 2 aromatic carbocycles. The van der Waals surface area contributed by atoms with Crippen LogP contribution in [-0.2, 0) is 0 Å². The van der Waals surface area contributed by atoms with Crippen molar-refractivity contribution in [3.05, 3.63) is 70.7 Å². The molecular weight excluding hydrogens is 284 g/mol. The van der Waals surface area contributed by atoms with Crippen molar-refractivity contribution in [3.8, 4) is 0 Å². The van der Waals surface area contributed by atoms with Crippen molar-refractivity contribution in [3.63, 3.8) is 0 Å². The predicted octanol–water partition coefficient (Wildman–Crippen LogP) is 4.87. The van der Waals surface area contributed by atoms with E-state index in [-0.39, 0.29) is 0 Å². The predicted molar refractivity (Wildman–Crippen MR) is 73.5 cm³/mol. The van der Waals surface area contributed by atoms with E-state index in [1.807, 2.05) is 24.3 Å². The second-order valence-electron chi connectivity index (χ2n) is 3.64. The molecule has 0 heterocycles. The second kappa shape index (κ2) is 5.51. The number of halogens is 2. The van der Waals surface area contributed by atoms with Gasteiger partial charge in [-0.1, -0.05) is 76.1 Å². The van der Waals surface area contributed by atoms with Gasteiger partial charge in [-0.25, -0.2) is 0 Å². The van der Waals surface area contributed by atoms with Gasteiger partial charge in [0, 0.05) is 16.3 Å². The Morgan fingerprint density at radius 2 is 1.56 bits per heavy atom. The van der Waals surface area contributed by atoms with Crippen molar-refractivity contribution in [2.24, 2.45) is 0 Å². The zero-order chi connectivity index (χ0) is 11.4. The van der Waals surface area contributed by atoms with Crippen LogP contribution in [0.3, 0.4) is 0 Å². The van der Waals surface area contributed by atoms with E-state index in [4.69, 9.17) is 11.6 Å². The monoisotopic (exact) mass is 294 g/mol. The molecule has 82 valence electrons. The summed E-state index contributed by atoms with van der Waals surface area (Å²) >= 11 is 9.79. The second-order valence-corrected chi connectivity index (χ2v) is 4.69. The molecule has 2 rings (SSSR count). The van der Waals surface area contributed by atoms with Crippen LogP contribution in [0.5, 0.6) is 0 Å². The number of hydrogen-bond acceptors (Lipinski definition) is 0. The van der Waals surface area contributed by atoms with Crippen LogP contribution in [0.25, 0.3) is 0 Å². The Morgan fingerprint density at radius 3 is 2.19 bits per heavy atom. The van der Waals surface area contributed by atoms with Crippen LogP contribution >= 0.6 is 27.5 Å². The molecule has 2 aromatic rings. The first-order chi connectivity index (χ1) is 7.83. The van der Waals surface area contributed by atoms with Crippen LogP contribution in [-0.4, -0.2) is 5.33 Å². The zero-order valence-corrected chi connectivity index (χ0v) is 11.1. The van der Waals surface area contributed by atoms with E-state index in [2.05, 4.69) is 46.3 Å². The van der Waals surface area contributed by atoms with Crippen molar-refractivity contribution < 1.29 is 0 Å². The summed E-state index contributed by atoms with van der Waals surface area (Å²) in [5.74, 6) is 0.315. The van der Waals surface area contributed by atoms with E-state index in [1.165, 1.54) is 11.1 Å². The maximum absolute atomic E-state index is 6.23. The van der Waals surface area contributed by atoms with Gasteiger partial charge in [-0.15, -0.1) is 0 Å². The van der Waals surface area contributed by atoms with Crippen LogP contribution in [0.4, 0.5) is 0 Å². The van der Waals surface area contributed by atoms with Crippen LogP contribution in [0.15, 0.2) is 54.6 Å². The number of benzene rings is 2. The fraction of sp³-hybridized carbons (Fsp3) is 0.143. The Balaban J connectivity index is 2.41. The van der Waals surface area contributed by atoms with Crippen molar-refractivity contribution in [2.45, 2.75) is 5.92 Å². The van der Waals surface area contributed by atoms with Gasteiger partial charge in [0.1, 0.15) is 0 Å². The highest BCUT2D eigenvalue weighted by molar-refractivity contribution is 9.09. The smallest absolute Gasteiger partial charge is 0.0444 e. The highest BCUT2D eigenvalue weighted by Gasteiger charge is 2.14. The molecule has 0 amide bonds. The van der Waals surface area contributed by atoms with Crippen molar-refractivity contribution in [2.75, 3.05) is 5.33 Å². The molecular formula is C14H12BrCl. The lowest BCUT2D eigenvalue weighted by atomic mass is 9.93. The number of hydrogen-bond donors (Lipinski definition) is 0. The fourth-order valence-electron chi connectivity index (χ4n) is 1.79. The summed E-state index contributed by atoms with van der Waals surface area (Å²) in [6.07, 6.45) is 0. The van der Waals surface area contributed by atoms with Gasteiger partial charge >= 0.3 is 0 Å². The van der Waals surface area contributed by atoms with E-state index in [0.717, 1.165) is 10.4 Å². The van der Waals surface area contributed by atoms with Gasteiger partial charge in [0.2, 0.25) is 0 Å². The minimum atomic E-state index is 0.315. The van der Waals surface area contributed by atoms with Gasteiger partial charge in [-0.3, -0.25) is 0 Å². The lowest BCUT2D eigenvalue weighted by Gasteiger charge is -2.16. The van der Waals surface area contributed by atoms with E-state index in [0.29, 0.717) is 5.92 Å². The third-order valence-electron chi connectivity index (χ3n) is 2.64. The molecule has 0 fully saturated rings. The largest absolute Gasteiger partial charge is 0.0918 e. The van der Waals surface area contributed by atoms with Gasteiger partial charge in [0.15, 0.2) is 0 Å². The van der Waals surface area contributed by atoms with Crippen molar-refractivity contribution in [1.82, 2.24) is 0 Å². The average Bonchev–Trinajstić information content (AvgIpc) is 2.34. The van der Waals surface area contributed by atoms with Gasteiger partial charge in [-0.2, -0.15) is 0 Å². The molecule has 16 heavy (non-hydrogen) atoms. The summed E-state index contributed by atoms with van der Waals surface area (Å²) in [4.78, 5) is 0. The Morgan fingerprint density at radius 1 is 0.938 bits per heavy atom. The average molecular weight is 296 g/mol. The molecule has 1 atom stereocenters. The Kier molecular flexibility index (Phi) is 4.03. The molecule has 0 aliphatic carbocycles. The molecule has 0 bridgehead atoms. The first kappa shape index (κ1) is 11.7. The molecule has 0 spiro atoms. The minimum absolute atomic E-state index is 0.315. The fourth-order valence-corrected chi connectivity index (χ4v) is 2.78. The van der Waals surface area contributed by atoms with Crippen LogP contribution in [0.1, 0.15) is 17.0 Å². The Bertz CT molecular complexity index is 453. The van der Waals surface area contributed by atoms with Gasteiger partial charge in [0.05, 0.1) is 0 Å². The topological polar surface area (TPSA) is 0 Å². The zero-order valence-electron chi connectivity index (χ0n) is 8.74. The first-order valence-corrected chi connectivity index (χ1v) is 6.68. The summed E-state index contributed by atoms with van der Waals surface area (Å²) in [7, 11) is 0. The van der Waals surface area contributed by atoms with E-state index in [1.54, 1.807) is 0 Å². The van der Waals surface area contributed by atoms with E-state index in [9.17, 15) is 0 Å². The van der Waals surface area contributed by atoms with Gasteiger partial charge in [-0.05, 0) is 17.2 Å². The van der Waals surface area contributed by atoms with Crippen LogP contribution in [0.2, 0.25) is 5.02 Å². The summed E-state index contributed by atoms with van der Waals surface area (Å²) < 4.78 is 0. The number of rotatable bonds is 3. The highest BCUT2D eigenvalue weighted by atomic mass is 79.9. The summed E-state index contributed by atoms with van der Waals surface area (Å²) in [5.41, 5.74) is 2.46. The Labute approximate surface area is 109 Å². The molecule has 0 unspecified atom stereocenters. The minimum Gasteiger partial charge on any atom is -0.0918 e. The summed E-state index contributed by atoms with van der Waals surface area (Å²) in [6.45, 7) is 0. The molecule has 0 nitrogen and oxygen atoms in total. The lowest BCUT2D eigenvalue weighted by Crippen LogP contribution is -2.02. The molecule has 0 aliphatic heterocycles. The standard InChI is InChI=1S/C14H12BrCl/c15-10-13(11-6-2-1-3-7-11)12-8-4-5-9-14(12)16/h1-9,13H,10H2/t13-/m0/s1. The summed E-state index contributed by atoms with van der Waals surface area (Å²) in [6, 6.07) is 18.4. The molecule has 0 aliphatic rings. The number of alkyl halides is 1. The molecule has 0 radical (unpaired) electrons. The molecule has 0 N–H and O–H groups in total. The third kappa shape index (κ3) is 2.47. The normalized spacial score (nSPS) is 12.4. The maximum Gasteiger partial charge on any atom is 0.0444 e. The quantitative estimate of drug-likeness (QED) is 0.709. The first-order valence-electron chi connectivity index (χ1n) is 5.18. The molecule has 0 saturated heterocycles. The SMILES string of the molecule is Clc1ccccc1[C@@H](CBr)c1ccccc1. The van der Waals surface area contributed by atoms with E-state index >= 15 is 0 Å². The summed E-state index contributed by atoms with van der Waals surface area (Å²) in [5, 5.41) is 1.71. The van der Waals surface area contributed by atoms with Crippen LogP contribution in [0, 0.1) is 0 Å². The Hall–Kier alpha value is -0.790. The van der Waals surface area contributed by atoms with Crippen molar-refractivity contribution >= 4 is 27.5 Å². The molecule has 0 aromatic heterocycles. The van der Waals surface area contributed by atoms with Crippen LogP contribution < -0.4 is 0 Å². The third-order valence-corrected chi connectivity index (χ3v) is 3.63. The van der Waals surface area contributed by atoms with E-state index < -0.39 is 0 Å². The molecule has 2 heteroatoms. The lowest BCUT2D eigenvalue weighted by molar-refractivity contribution is 0.945. The maximum atomic E-state index is 6.23.